The lowest BCUT2D eigenvalue weighted by Gasteiger charge is -2.29. The van der Waals surface area contributed by atoms with Crippen LogP contribution in [0.15, 0.2) is 0 Å². The fourth-order valence-corrected chi connectivity index (χ4v) is 4.41. The van der Waals surface area contributed by atoms with Gasteiger partial charge in [0.2, 0.25) is 11.8 Å². The standard InChI is InChI=1S/C21H37NO4.6CH4/c1-6-8-9-10-11-12-13-15(7-2)17-18(16(14(3)4)21(25)26)20(24)22(5)19(17)23;;;;;;/h14-18H,6-13H2,1-5H3,(H,25,26);6*1H4. The Balaban J connectivity index is -0.000000282. The van der Waals surface area contributed by atoms with Crippen LogP contribution in [0.2, 0.25) is 0 Å². The van der Waals surface area contributed by atoms with E-state index in [4.69, 9.17) is 0 Å². The molecule has 198 valence electrons. The van der Waals surface area contributed by atoms with Crippen LogP contribution in [0.1, 0.15) is 124 Å². The molecule has 5 heteroatoms. The van der Waals surface area contributed by atoms with Gasteiger partial charge in [-0.25, -0.2) is 0 Å². The number of hydrogen-bond donors (Lipinski definition) is 1. The van der Waals surface area contributed by atoms with Crippen LogP contribution in [0.4, 0.5) is 0 Å². The Hall–Kier alpha value is -1.39. The van der Waals surface area contributed by atoms with Gasteiger partial charge in [0.25, 0.3) is 0 Å². The number of likely N-dealkylation sites (tertiary alicyclic amines) is 1. The Morgan fingerprint density at radius 1 is 0.844 bits per heavy atom. The van der Waals surface area contributed by atoms with Crippen molar-refractivity contribution in [1.82, 2.24) is 4.90 Å². The van der Waals surface area contributed by atoms with Crippen LogP contribution in [0.5, 0.6) is 0 Å². The number of hydrogen-bond acceptors (Lipinski definition) is 3. The zero-order valence-electron chi connectivity index (χ0n) is 17.2. The van der Waals surface area contributed by atoms with E-state index < -0.39 is 23.7 Å². The molecule has 0 aliphatic carbocycles. The minimum atomic E-state index is -0.971. The average Bonchev–Trinajstić information content (AvgIpc) is 2.79. The van der Waals surface area contributed by atoms with Crippen LogP contribution in [0, 0.1) is 29.6 Å². The molecule has 1 rings (SSSR count). The highest BCUT2D eigenvalue weighted by Crippen LogP contribution is 2.42. The van der Waals surface area contributed by atoms with E-state index in [0.29, 0.717) is 0 Å². The van der Waals surface area contributed by atoms with E-state index in [9.17, 15) is 19.5 Å². The smallest absolute Gasteiger partial charge is 0.307 e. The number of nitrogens with zero attached hydrogens (tertiary/aromatic N) is 1. The first-order valence-corrected chi connectivity index (χ1v) is 10.3. The van der Waals surface area contributed by atoms with E-state index in [-0.39, 0.29) is 68.2 Å². The molecule has 32 heavy (non-hydrogen) atoms. The second-order valence-corrected chi connectivity index (χ2v) is 8.12. The fourth-order valence-electron chi connectivity index (χ4n) is 4.41. The van der Waals surface area contributed by atoms with Crippen LogP contribution >= 0.6 is 0 Å². The summed E-state index contributed by atoms with van der Waals surface area (Å²) in [7, 11) is 1.49. The Morgan fingerprint density at radius 3 is 1.69 bits per heavy atom. The van der Waals surface area contributed by atoms with Gasteiger partial charge in [0.1, 0.15) is 0 Å². The number of carboxylic acid groups (broad SMARTS) is 1. The van der Waals surface area contributed by atoms with Gasteiger partial charge in [-0.2, -0.15) is 0 Å². The van der Waals surface area contributed by atoms with Gasteiger partial charge in [0.15, 0.2) is 0 Å². The number of amides is 2. The maximum absolute atomic E-state index is 12.8. The zero-order chi connectivity index (χ0) is 19.9. The number of carbonyl (C=O) groups excluding carboxylic acids is 2. The molecule has 4 atom stereocenters. The van der Waals surface area contributed by atoms with Gasteiger partial charge >= 0.3 is 5.97 Å². The van der Waals surface area contributed by atoms with E-state index in [0.717, 1.165) is 30.6 Å². The molecule has 1 fully saturated rings. The first-order chi connectivity index (χ1) is 12.3. The number of aliphatic carboxylic acids is 1. The zero-order valence-corrected chi connectivity index (χ0v) is 17.2. The summed E-state index contributed by atoms with van der Waals surface area (Å²) in [5, 5.41) is 9.68. The second kappa shape index (κ2) is 21.5. The molecule has 0 bridgehead atoms. The summed E-state index contributed by atoms with van der Waals surface area (Å²) in [6, 6.07) is 0. The summed E-state index contributed by atoms with van der Waals surface area (Å²) in [6.45, 7) is 7.88. The third kappa shape index (κ3) is 11.0. The molecule has 1 N–H and O–H groups in total. The highest BCUT2D eigenvalue weighted by molar-refractivity contribution is 6.06. The molecule has 0 saturated carbocycles. The number of carboxylic acids is 1. The Labute approximate surface area is 202 Å². The van der Waals surface area contributed by atoms with Crippen molar-refractivity contribution in [1.29, 1.82) is 0 Å². The summed E-state index contributed by atoms with van der Waals surface area (Å²) in [5.74, 6) is -3.61. The summed E-state index contributed by atoms with van der Waals surface area (Å²) in [4.78, 5) is 38.4. The van der Waals surface area contributed by atoms with Gasteiger partial charge in [0, 0.05) is 7.05 Å². The first kappa shape index (κ1) is 44.3. The maximum atomic E-state index is 12.8. The summed E-state index contributed by atoms with van der Waals surface area (Å²) < 4.78 is 0. The van der Waals surface area contributed by atoms with Crippen molar-refractivity contribution in [3.63, 3.8) is 0 Å². The molecule has 2 amide bonds. The van der Waals surface area contributed by atoms with Gasteiger partial charge < -0.3 is 5.11 Å². The van der Waals surface area contributed by atoms with Gasteiger partial charge in [-0.3, -0.25) is 19.3 Å². The molecule has 1 aliphatic heterocycles. The highest BCUT2D eigenvalue weighted by Gasteiger charge is 2.54. The molecule has 0 spiro atoms. The lowest BCUT2D eigenvalue weighted by Crippen LogP contribution is -2.38. The summed E-state index contributed by atoms with van der Waals surface area (Å²) in [6.07, 6.45) is 8.79. The van der Waals surface area contributed by atoms with Crippen molar-refractivity contribution in [2.75, 3.05) is 7.05 Å². The predicted octanol–water partition coefficient (Wildman–Crippen LogP) is 8.17. The normalized spacial score (nSPS) is 18.6. The predicted molar refractivity (Wildman–Crippen MR) is 143 cm³/mol. The molecular weight excluding hydrogens is 402 g/mol. The fraction of sp³-hybridized carbons (Fsp3) is 0.889. The Bertz CT molecular complexity index is 490. The first-order valence-electron chi connectivity index (χ1n) is 10.3. The maximum Gasteiger partial charge on any atom is 0.307 e. The largest absolute Gasteiger partial charge is 0.481 e. The Morgan fingerprint density at radius 2 is 1.28 bits per heavy atom. The minimum absolute atomic E-state index is 0. The second-order valence-electron chi connectivity index (χ2n) is 8.12. The topological polar surface area (TPSA) is 74.7 Å². The Kier molecular flexibility index (Phi) is 29.7. The van der Waals surface area contributed by atoms with Crippen LogP contribution < -0.4 is 0 Å². The molecule has 1 saturated heterocycles. The third-order valence-corrected chi connectivity index (χ3v) is 5.97. The number of unbranched alkanes of at least 4 members (excludes halogenated alkanes) is 5. The molecular formula is C27H61NO4. The lowest BCUT2D eigenvalue weighted by atomic mass is 9.70. The van der Waals surface area contributed by atoms with Crippen LogP contribution in [0.25, 0.3) is 0 Å². The monoisotopic (exact) mass is 463 g/mol. The molecule has 0 aromatic heterocycles. The molecule has 4 unspecified atom stereocenters. The average molecular weight is 464 g/mol. The number of imide groups is 1. The molecule has 5 nitrogen and oxygen atoms in total. The lowest BCUT2D eigenvalue weighted by molar-refractivity contribution is -0.150. The van der Waals surface area contributed by atoms with Crippen LogP contribution in [0.3, 0.4) is 0 Å². The van der Waals surface area contributed by atoms with Gasteiger partial charge in [-0.1, -0.05) is 117 Å². The van der Waals surface area contributed by atoms with Crippen molar-refractivity contribution in [3.05, 3.63) is 0 Å². The van der Waals surface area contributed by atoms with Crippen molar-refractivity contribution < 1.29 is 19.5 Å². The quantitative estimate of drug-likeness (QED) is 0.234. The highest BCUT2D eigenvalue weighted by atomic mass is 16.4. The number of rotatable bonds is 12. The van der Waals surface area contributed by atoms with Crippen LogP contribution in [-0.2, 0) is 14.4 Å². The molecule has 0 aromatic carbocycles. The van der Waals surface area contributed by atoms with Gasteiger partial charge in [-0.05, 0) is 18.3 Å². The van der Waals surface area contributed by atoms with E-state index >= 15 is 0 Å². The SMILES string of the molecule is C.C.C.C.C.C.CCCCCCCCC(CC)C1C(=O)N(C)C(=O)C1C(C(=O)O)C(C)C. The van der Waals surface area contributed by atoms with Crippen molar-refractivity contribution in [2.24, 2.45) is 29.6 Å². The van der Waals surface area contributed by atoms with E-state index in [1.54, 1.807) is 0 Å². The molecule has 1 heterocycles. The van der Waals surface area contributed by atoms with E-state index in [1.807, 2.05) is 20.8 Å². The molecule has 1 aliphatic rings. The summed E-state index contributed by atoms with van der Waals surface area (Å²) in [5.41, 5.74) is 0. The van der Waals surface area contributed by atoms with E-state index in [1.165, 1.54) is 32.7 Å². The van der Waals surface area contributed by atoms with Crippen molar-refractivity contribution in [2.45, 2.75) is 124 Å². The van der Waals surface area contributed by atoms with Gasteiger partial charge in [-0.15, -0.1) is 0 Å². The minimum Gasteiger partial charge on any atom is -0.481 e. The number of carbonyl (C=O) groups is 3. The van der Waals surface area contributed by atoms with E-state index in [2.05, 4.69) is 6.92 Å². The molecule has 0 aromatic rings. The molecule has 0 radical (unpaired) electrons. The van der Waals surface area contributed by atoms with Crippen molar-refractivity contribution in [3.8, 4) is 0 Å². The summed E-state index contributed by atoms with van der Waals surface area (Å²) >= 11 is 0. The van der Waals surface area contributed by atoms with Crippen LogP contribution in [-0.4, -0.2) is 34.8 Å². The van der Waals surface area contributed by atoms with Crippen molar-refractivity contribution >= 4 is 17.8 Å². The third-order valence-electron chi connectivity index (χ3n) is 5.97. The van der Waals surface area contributed by atoms with Gasteiger partial charge in [0.05, 0.1) is 17.8 Å².